The Morgan fingerprint density at radius 2 is 2.07 bits per heavy atom. The molecule has 0 aliphatic carbocycles. The van der Waals surface area contributed by atoms with Crippen LogP contribution in [0.2, 0.25) is 0 Å². The van der Waals surface area contributed by atoms with E-state index in [-0.39, 0.29) is 17.4 Å². The molecule has 8 heteroatoms. The van der Waals surface area contributed by atoms with Gasteiger partial charge >= 0.3 is 0 Å². The van der Waals surface area contributed by atoms with Crippen LogP contribution < -0.4 is 10.3 Å². The summed E-state index contributed by atoms with van der Waals surface area (Å²) in [5, 5.41) is 14.1. The number of anilines is 1. The van der Waals surface area contributed by atoms with Gasteiger partial charge in [0.25, 0.3) is 5.91 Å². The van der Waals surface area contributed by atoms with Crippen LogP contribution in [-0.4, -0.2) is 41.1 Å². The molecule has 0 bridgehead atoms. The van der Waals surface area contributed by atoms with Crippen molar-refractivity contribution in [3.8, 4) is 5.75 Å². The van der Waals surface area contributed by atoms with Gasteiger partial charge in [-0.3, -0.25) is 4.79 Å². The molecule has 1 aromatic heterocycles. The number of aromatic nitrogens is 1. The van der Waals surface area contributed by atoms with Crippen molar-refractivity contribution in [2.45, 2.75) is 18.2 Å². The SMILES string of the molecule is CCN(CC)c1ccc(/C=N\NC(=O)CSc2nc3ccccc3s2)c(O)c1. The van der Waals surface area contributed by atoms with Gasteiger partial charge < -0.3 is 10.0 Å². The minimum absolute atomic E-state index is 0.131. The molecule has 0 aliphatic heterocycles. The van der Waals surface area contributed by atoms with Gasteiger partial charge in [-0.25, -0.2) is 10.4 Å². The highest BCUT2D eigenvalue weighted by molar-refractivity contribution is 8.01. The molecular weight excluding hydrogens is 392 g/mol. The van der Waals surface area contributed by atoms with E-state index in [1.807, 2.05) is 30.3 Å². The predicted molar refractivity (Wildman–Crippen MR) is 118 cm³/mol. The Morgan fingerprint density at radius 1 is 1.29 bits per heavy atom. The van der Waals surface area contributed by atoms with E-state index >= 15 is 0 Å². The number of fused-ring (bicyclic) bond motifs is 1. The number of nitrogens with zero attached hydrogens (tertiary/aromatic N) is 3. The molecule has 3 rings (SSSR count). The summed E-state index contributed by atoms with van der Waals surface area (Å²) in [6.07, 6.45) is 1.45. The lowest BCUT2D eigenvalue weighted by atomic mass is 10.2. The molecule has 0 aliphatic rings. The number of amides is 1. The number of phenolic OH excluding ortho intramolecular Hbond substituents is 1. The molecule has 0 fully saturated rings. The Morgan fingerprint density at radius 3 is 2.79 bits per heavy atom. The van der Waals surface area contributed by atoms with Crippen molar-refractivity contribution in [3.63, 3.8) is 0 Å². The number of hydrogen-bond donors (Lipinski definition) is 2. The van der Waals surface area contributed by atoms with E-state index in [4.69, 9.17) is 0 Å². The summed E-state index contributed by atoms with van der Waals surface area (Å²) in [7, 11) is 0. The fraction of sp³-hybridized carbons (Fsp3) is 0.250. The standard InChI is InChI=1S/C20H22N4O2S2/c1-3-24(4-2)15-10-9-14(17(25)11-15)12-21-23-19(26)13-27-20-22-16-7-5-6-8-18(16)28-20/h5-12,25H,3-4,13H2,1-2H3,(H,23,26)/b21-12-. The second-order valence-electron chi connectivity index (χ2n) is 5.94. The van der Waals surface area contributed by atoms with Gasteiger partial charge in [-0.2, -0.15) is 5.10 Å². The Hall–Kier alpha value is -2.58. The third-order valence-electron chi connectivity index (χ3n) is 4.14. The van der Waals surface area contributed by atoms with Crippen LogP contribution >= 0.6 is 23.1 Å². The second kappa shape index (κ2) is 9.57. The maximum absolute atomic E-state index is 12.0. The largest absolute Gasteiger partial charge is 0.507 e. The number of benzene rings is 2. The monoisotopic (exact) mass is 414 g/mol. The Labute approximate surface area is 172 Å². The number of phenols is 1. The number of aromatic hydroxyl groups is 1. The van der Waals surface area contributed by atoms with E-state index in [1.165, 1.54) is 18.0 Å². The summed E-state index contributed by atoms with van der Waals surface area (Å²) in [5.74, 6) is 0.135. The smallest absolute Gasteiger partial charge is 0.250 e. The first-order chi connectivity index (χ1) is 13.6. The molecule has 0 spiro atoms. The number of thioether (sulfide) groups is 1. The summed E-state index contributed by atoms with van der Waals surface area (Å²) in [4.78, 5) is 18.6. The van der Waals surface area contributed by atoms with Crippen molar-refractivity contribution in [2.24, 2.45) is 5.10 Å². The van der Waals surface area contributed by atoms with Gasteiger partial charge in [0.15, 0.2) is 4.34 Å². The van der Waals surface area contributed by atoms with Gasteiger partial charge in [-0.05, 0) is 38.1 Å². The van der Waals surface area contributed by atoms with Gasteiger partial charge in [-0.1, -0.05) is 23.9 Å². The van der Waals surface area contributed by atoms with Gasteiger partial charge in [0.05, 0.1) is 22.2 Å². The molecule has 3 aromatic rings. The summed E-state index contributed by atoms with van der Waals surface area (Å²) >= 11 is 2.95. The zero-order valence-corrected chi connectivity index (χ0v) is 17.4. The summed E-state index contributed by atoms with van der Waals surface area (Å²) in [6.45, 7) is 5.87. The molecule has 146 valence electrons. The highest BCUT2D eigenvalue weighted by atomic mass is 32.2. The summed E-state index contributed by atoms with van der Waals surface area (Å²) in [6, 6.07) is 13.3. The molecule has 0 radical (unpaired) electrons. The Bertz CT molecular complexity index is 950. The van der Waals surface area contributed by atoms with Crippen molar-refractivity contribution in [2.75, 3.05) is 23.7 Å². The number of hydrogen-bond acceptors (Lipinski definition) is 7. The second-order valence-corrected chi connectivity index (χ2v) is 8.20. The number of carbonyl (C=O) groups is 1. The lowest BCUT2D eigenvalue weighted by Crippen LogP contribution is -2.21. The van der Waals surface area contributed by atoms with E-state index in [0.717, 1.165) is 33.3 Å². The van der Waals surface area contributed by atoms with Crippen molar-refractivity contribution < 1.29 is 9.90 Å². The van der Waals surface area contributed by atoms with E-state index in [0.29, 0.717) is 5.56 Å². The van der Waals surface area contributed by atoms with Crippen LogP contribution in [0.3, 0.4) is 0 Å². The van der Waals surface area contributed by atoms with Crippen LogP contribution in [0.5, 0.6) is 5.75 Å². The quantitative estimate of drug-likeness (QED) is 0.330. The van der Waals surface area contributed by atoms with Crippen LogP contribution in [0.15, 0.2) is 51.9 Å². The maximum Gasteiger partial charge on any atom is 0.250 e. The Balaban J connectivity index is 1.53. The minimum atomic E-state index is -0.222. The molecule has 2 aromatic carbocycles. The maximum atomic E-state index is 12.0. The number of rotatable bonds is 8. The minimum Gasteiger partial charge on any atom is -0.507 e. The number of carbonyl (C=O) groups excluding carboxylic acids is 1. The average Bonchev–Trinajstić information content (AvgIpc) is 3.12. The normalized spacial score (nSPS) is 11.2. The van der Waals surface area contributed by atoms with E-state index in [9.17, 15) is 9.90 Å². The van der Waals surface area contributed by atoms with Gasteiger partial charge in [-0.15, -0.1) is 11.3 Å². The fourth-order valence-electron chi connectivity index (χ4n) is 2.67. The summed E-state index contributed by atoms with van der Waals surface area (Å²) < 4.78 is 1.96. The molecule has 6 nitrogen and oxygen atoms in total. The lowest BCUT2D eigenvalue weighted by molar-refractivity contribution is -0.118. The third-order valence-corrected chi connectivity index (χ3v) is 6.32. The molecule has 28 heavy (non-hydrogen) atoms. The first-order valence-electron chi connectivity index (χ1n) is 8.99. The van der Waals surface area contributed by atoms with E-state index in [1.54, 1.807) is 23.5 Å². The number of nitrogens with one attached hydrogen (secondary N) is 1. The zero-order valence-electron chi connectivity index (χ0n) is 15.8. The highest BCUT2D eigenvalue weighted by Crippen LogP contribution is 2.29. The fourth-order valence-corrected chi connectivity index (χ4v) is 4.53. The molecule has 0 saturated carbocycles. The van der Waals surface area contributed by atoms with Crippen molar-refractivity contribution >= 4 is 51.1 Å². The lowest BCUT2D eigenvalue weighted by Gasteiger charge is -2.21. The van der Waals surface area contributed by atoms with Crippen LogP contribution in [0.1, 0.15) is 19.4 Å². The third kappa shape index (κ3) is 5.02. The van der Waals surface area contributed by atoms with Crippen LogP contribution in [0.25, 0.3) is 10.2 Å². The first-order valence-corrected chi connectivity index (χ1v) is 10.8. The van der Waals surface area contributed by atoms with Crippen molar-refractivity contribution in [3.05, 3.63) is 48.0 Å². The molecule has 0 atom stereocenters. The predicted octanol–water partition coefficient (Wildman–Crippen LogP) is 4.09. The number of thiazole rings is 1. The van der Waals surface area contributed by atoms with E-state index in [2.05, 4.69) is 34.3 Å². The number of hydrazone groups is 1. The number of para-hydroxylation sites is 1. The molecule has 0 unspecified atom stereocenters. The first kappa shape index (κ1) is 20.2. The molecular formula is C20H22N4O2S2. The van der Waals surface area contributed by atoms with E-state index < -0.39 is 0 Å². The molecule has 2 N–H and O–H groups in total. The van der Waals surface area contributed by atoms with Crippen LogP contribution in [0.4, 0.5) is 5.69 Å². The molecule has 1 heterocycles. The van der Waals surface area contributed by atoms with Gasteiger partial charge in [0.2, 0.25) is 0 Å². The zero-order chi connectivity index (χ0) is 19.9. The van der Waals surface area contributed by atoms with Crippen molar-refractivity contribution in [1.82, 2.24) is 10.4 Å². The topological polar surface area (TPSA) is 77.8 Å². The van der Waals surface area contributed by atoms with Crippen LogP contribution in [0, 0.1) is 0 Å². The molecule has 0 saturated heterocycles. The van der Waals surface area contributed by atoms with Gasteiger partial charge in [0, 0.05) is 30.4 Å². The van der Waals surface area contributed by atoms with Crippen LogP contribution in [-0.2, 0) is 4.79 Å². The summed E-state index contributed by atoms with van der Waals surface area (Å²) in [5.41, 5.74) is 4.93. The highest BCUT2D eigenvalue weighted by Gasteiger charge is 2.08. The molecule has 1 amide bonds. The Kier molecular flexibility index (Phi) is 6.89. The van der Waals surface area contributed by atoms with Crippen molar-refractivity contribution in [1.29, 1.82) is 0 Å². The van der Waals surface area contributed by atoms with Gasteiger partial charge in [0.1, 0.15) is 5.75 Å². The average molecular weight is 415 g/mol.